The third kappa shape index (κ3) is 5.36. The summed E-state index contributed by atoms with van der Waals surface area (Å²) in [4.78, 5) is 0. The fourth-order valence-electron chi connectivity index (χ4n) is 1.31. The van der Waals surface area contributed by atoms with Crippen LogP contribution in [-0.2, 0) is 15.9 Å². The lowest BCUT2D eigenvalue weighted by atomic mass is 10.2. The molecule has 1 aromatic carbocycles. The molecule has 0 aliphatic rings. The minimum absolute atomic E-state index is 0.410. The summed E-state index contributed by atoms with van der Waals surface area (Å²) in [7, 11) is 0. The van der Waals surface area contributed by atoms with Crippen molar-refractivity contribution in [1.29, 1.82) is 0 Å². The minimum Gasteiger partial charge on any atom is -0.342 e. The Bertz CT molecular complexity index is 387. The van der Waals surface area contributed by atoms with Gasteiger partial charge in [-0.25, -0.2) is 0 Å². The minimum atomic E-state index is -0.410. The van der Waals surface area contributed by atoms with Crippen molar-refractivity contribution in [2.75, 3.05) is 13.2 Å². The maximum absolute atomic E-state index is 5.34. The molecule has 92 valence electrons. The molecule has 0 N–H and O–H groups in total. The Kier molecular flexibility index (Phi) is 6.95. The van der Waals surface area contributed by atoms with Crippen LogP contribution in [0.4, 0.5) is 0 Å². The molecule has 0 spiro atoms. The van der Waals surface area contributed by atoms with E-state index in [1.807, 2.05) is 32.0 Å². The smallest absolute Gasteiger partial charge is 0.222 e. The van der Waals surface area contributed by atoms with Gasteiger partial charge in [0, 0.05) is 24.1 Å². The normalized spacial score (nSPS) is 10.1. The monoisotopic (exact) mass is 296 g/mol. The van der Waals surface area contributed by atoms with Gasteiger partial charge < -0.3 is 9.47 Å². The van der Waals surface area contributed by atoms with Crippen LogP contribution in [0.3, 0.4) is 0 Å². The number of halogens is 1. The van der Waals surface area contributed by atoms with E-state index in [-0.39, 0.29) is 0 Å². The Morgan fingerprint density at radius 3 is 2.41 bits per heavy atom. The SMILES string of the molecule is CCOC(C#CCc1ccccc1Br)OCC. The maximum Gasteiger partial charge on any atom is 0.222 e. The van der Waals surface area contributed by atoms with Crippen LogP contribution in [0, 0.1) is 11.8 Å². The Morgan fingerprint density at radius 1 is 1.18 bits per heavy atom. The molecule has 3 heteroatoms. The highest BCUT2D eigenvalue weighted by atomic mass is 79.9. The fourth-order valence-corrected chi connectivity index (χ4v) is 1.73. The van der Waals surface area contributed by atoms with Gasteiger partial charge in [0.25, 0.3) is 0 Å². The highest BCUT2D eigenvalue weighted by molar-refractivity contribution is 9.10. The van der Waals surface area contributed by atoms with Crippen molar-refractivity contribution in [2.24, 2.45) is 0 Å². The summed E-state index contributed by atoms with van der Waals surface area (Å²) < 4.78 is 11.8. The largest absolute Gasteiger partial charge is 0.342 e. The van der Waals surface area contributed by atoms with Crippen molar-refractivity contribution in [3.05, 3.63) is 34.3 Å². The first kappa shape index (κ1) is 14.2. The lowest BCUT2D eigenvalue weighted by molar-refractivity contribution is -0.0970. The second-order valence-corrected chi connectivity index (χ2v) is 4.19. The summed E-state index contributed by atoms with van der Waals surface area (Å²) in [5, 5.41) is 0. The number of rotatable bonds is 5. The zero-order valence-electron chi connectivity index (χ0n) is 10.2. The molecule has 0 amide bonds. The first-order valence-corrected chi connectivity index (χ1v) is 6.52. The third-order valence-electron chi connectivity index (χ3n) is 2.09. The Balaban J connectivity index is 2.56. The number of hydrogen-bond acceptors (Lipinski definition) is 2. The van der Waals surface area contributed by atoms with Crippen LogP contribution in [0.1, 0.15) is 19.4 Å². The third-order valence-corrected chi connectivity index (χ3v) is 2.87. The molecule has 0 atom stereocenters. The van der Waals surface area contributed by atoms with Gasteiger partial charge in [-0.1, -0.05) is 40.0 Å². The molecule has 0 aliphatic heterocycles. The van der Waals surface area contributed by atoms with Gasteiger partial charge in [-0.05, 0) is 31.4 Å². The van der Waals surface area contributed by atoms with Gasteiger partial charge in [0.1, 0.15) is 0 Å². The molecule has 0 saturated heterocycles. The first-order chi connectivity index (χ1) is 8.27. The average Bonchev–Trinajstić information content (AvgIpc) is 2.32. The summed E-state index contributed by atoms with van der Waals surface area (Å²) >= 11 is 3.49. The maximum atomic E-state index is 5.34. The second-order valence-electron chi connectivity index (χ2n) is 3.33. The van der Waals surface area contributed by atoms with E-state index in [2.05, 4.69) is 33.8 Å². The van der Waals surface area contributed by atoms with Crippen LogP contribution in [0.25, 0.3) is 0 Å². The van der Waals surface area contributed by atoms with Crippen molar-refractivity contribution >= 4 is 15.9 Å². The van der Waals surface area contributed by atoms with E-state index in [1.165, 1.54) is 5.56 Å². The van der Waals surface area contributed by atoms with E-state index in [9.17, 15) is 0 Å². The predicted octanol–water partition coefficient (Wildman–Crippen LogP) is 3.39. The lowest BCUT2D eigenvalue weighted by Crippen LogP contribution is -2.14. The molecule has 1 aromatic rings. The van der Waals surface area contributed by atoms with E-state index in [0.717, 1.165) is 4.47 Å². The van der Waals surface area contributed by atoms with Gasteiger partial charge in [-0.3, -0.25) is 0 Å². The van der Waals surface area contributed by atoms with Crippen molar-refractivity contribution in [3.63, 3.8) is 0 Å². The molecule has 0 aromatic heterocycles. The molecule has 0 aliphatic carbocycles. The van der Waals surface area contributed by atoms with Crippen molar-refractivity contribution in [1.82, 2.24) is 0 Å². The van der Waals surface area contributed by atoms with Crippen LogP contribution in [0.15, 0.2) is 28.7 Å². The van der Waals surface area contributed by atoms with Crippen LogP contribution < -0.4 is 0 Å². The van der Waals surface area contributed by atoms with Gasteiger partial charge >= 0.3 is 0 Å². The summed E-state index contributed by atoms with van der Waals surface area (Å²) in [6.07, 6.45) is 0.283. The number of ether oxygens (including phenoxy) is 2. The van der Waals surface area contributed by atoms with E-state index < -0.39 is 6.29 Å². The number of hydrogen-bond donors (Lipinski definition) is 0. The molecule has 0 radical (unpaired) electrons. The van der Waals surface area contributed by atoms with Gasteiger partial charge in [0.05, 0.1) is 0 Å². The van der Waals surface area contributed by atoms with Crippen molar-refractivity contribution < 1.29 is 9.47 Å². The molecule has 0 saturated carbocycles. The highest BCUT2D eigenvalue weighted by Crippen LogP contribution is 2.15. The molecule has 0 fully saturated rings. The Labute approximate surface area is 111 Å². The second kappa shape index (κ2) is 8.30. The zero-order valence-corrected chi connectivity index (χ0v) is 11.8. The lowest BCUT2D eigenvalue weighted by Gasteiger charge is -2.09. The van der Waals surface area contributed by atoms with Gasteiger partial charge in [0.2, 0.25) is 6.29 Å². The molecular weight excluding hydrogens is 280 g/mol. The summed E-state index contributed by atoms with van der Waals surface area (Å²) in [5.41, 5.74) is 1.17. The molecule has 0 heterocycles. The fraction of sp³-hybridized carbons (Fsp3) is 0.429. The average molecular weight is 297 g/mol. The zero-order chi connectivity index (χ0) is 12.5. The van der Waals surface area contributed by atoms with Crippen LogP contribution in [0.5, 0.6) is 0 Å². The van der Waals surface area contributed by atoms with Crippen LogP contribution in [0.2, 0.25) is 0 Å². The van der Waals surface area contributed by atoms with E-state index in [1.54, 1.807) is 0 Å². The van der Waals surface area contributed by atoms with Crippen molar-refractivity contribution in [2.45, 2.75) is 26.6 Å². The molecule has 0 unspecified atom stereocenters. The summed E-state index contributed by atoms with van der Waals surface area (Å²) in [5.74, 6) is 6.06. The molecule has 17 heavy (non-hydrogen) atoms. The summed E-state index contributed by atoms with van der Waals surface area (Å²) in [6, 6.07) is 8.06. The molecule has 0 bridgehead atoms. The molecular formula is C14H17BrO2. The van der Waals surface area contributed by atoms with Gasteiger partial charge in [-0.15, -0.1) is 0 Å². The number of benzene rings is 1. The van der Waals surface area contributed by atoms with E-state index in [4.69, 9.17) is 9.47 Å². The van der Waals surface area contributed by atoms with Gasteiger partial charge in [-0.2, -0.15) is 0 Å². The Hall–Kier alpha value is -0.820. The molecule has 1 rings (SSSR count). The molecule has 2 nitrogen and oxygen atoms in total. The standard InChI is InChI=1S/C14H17BrO2/c1-3-16-14(17-4-2)11-7-9-12-8-5-6-10-13(12)15/h5-6,8,10,14H,3-4,9H2,1-2H3. The Morgan fingerprint density at radius 2 is 1.82 bits per heavy atom. The van der Waals surface area contributed by atoms with Crippen LogP contribution in [-0.4, -0.2) is 19.5 Å². The van der Waals surface area contributed by atoms with E-state index in [0.29, 0.717) is 19.6 Å². The quantitative estimate of drug-likeness (QED) is 0.612. The van der Waals surface area contributed by atoms with Crippen molar-refractivity contribution in [3.8, 4) is 11.8 Å². The topological polar surface area (TPSA) is 18.5 Å². The van der Waals surface area contributed by atoms with Crippen LogP contribution >= 0.6 is 15.9 Å². The predicted molar refractivity (Wildman–Crippen MR) is 72.7 cm³/mol. The highest BCUT2D eigenvalue weighted by Gasteiger charge is 2.01. The van der Waals surface area contributed by atoms with E-state index >= 15 is 0 Å². The summed E-state index contributed by atoms with van der Waals surface area (Å²) in [6.45, 7) is 5.08. The first-order valence-electron chi connectivity index (χ1n) is 5.73. The van der Waals surface area contributed by atoms with Gasteiger partial charge in [0.15, 0.2) is 0 Å².